The molecule has 3 N–H and O–H groups in total. The van der Waals surface area contributed by atoms with Crippen LogP contribution in [0.2, 0.25) is 5.02 Å². The SMILES string of the molecule is COC(c1ccc(Cl)cc1)C(C)NC(=O)Cc1ccc(N)cc1. The quantitative estimate of drug-likeness (QED) is 0.797. The Bertz CT molecular complexity index is 641. The van der Waals surface area contributed by atoms with E-state index in [2.05, 4.69) is 5.32 Å². The fourth-order valence-corrected chi connectivity index (χ4v) is 2.61. The number of nitrogen functional groups attached to an aromatic ring is 1. The number of halogens is 1. The maximum atomic E-state index is 12.2. The van der Waals surface area contributed by atoms with Crippen LogP contribution in [0, 0.1) is 0 Å². The first-order valence-corrected chi connectivity index (χ1v) is 7.79. The van der Waals surface area contributed by atoms with Gasteiger partial charge in [0.1, 0.15) is 6.10 Å². The Morgan fingerprint density at radius 3 is 2.35 bits per heavy atom. The standard InChI is InChI=1S/C18H21ClN2O2/c1-12(18(23-2)14-5-7-15(19)8-6-14)21-17(22)11-13-3-9-16(20)10-4-13/h3-10,12,18H,11,20H2,1-2H3,(H,21,22). The molecule has 2 aromatic rings. The van der Waals surface area contributed by atoms with Gasteiger partial charge in [-0.1, -0.05) is 35.9 Å². The highest BCUT2D eigenvalue weighted by Crippen LogP contribution is 2.22. The van der Waals surface area contributed by atoms with Gasteiger partial charge < -0.3 is 15.8 Å². The van der Waals surface area contributed by atoms with Crippen molar-refractivity contribution in [3.8, 4) is 0 Å². The third-order valence-electron chi connectivity index (χ3n) is 3.64. The van der Waals surface area contributed by atoms with E-state index in [0.29, 0.717) is 17.1 Å². The molecule has 0 spiro atoms. The number of nitrogens with two attached hydrogens (primary N) is 1. The molecule has 5 heteroatoms. The highest BCUT2D eigenvalue weighted by Gasteiger charge is 2.20. The van der Waals surface area contributed by atoms with Crippen molar-refractivity contribution in [1.29, 1.82) is 0 Å². The molecule has 2 atom stereocenters. The lowest BCUT2D eigenvalue weighted by molar-refractivity contribution is -0.122. The number of ether oxygens (including phenoxy) is 1. The topological polar surface area (TPSA) is 64.3 Å². The highest BCUT2D eigenvalue weighted by atomic mass is 35.5. The monoisotopic (exact) mass is 332 g/mol. The van der Waals surface area contributed by atoms with Crippen molar-refractivity contribution in [3.63, 3.8) is 0 Å². The number of rotatable bonds is 6. The van der Waals surface area contributed by atoms with Gasteiger partial charge in [-0.05, 0) is 42.3 Å². The van der Waals surface area contributed by atoms with E-state index >= 15 is 0 Å². The predicted octanol–water partition coefficient (Wildman–Crippen LogP) is 3.36. The number of hydrogen-bond donors (Lipinski definition) is 2. The molecule has 0 aromatic heterocycles. The number of methoxy groups -OCH3 is 1. The van der Waals surface area contributed by atoms with Crippen molar-refractivity contribution in [2.24, 2.45) is 0 Å². The second-order valence-corrected chi connectivity index (χ2v) is 5.92. The Morgan fingerprint density at radius 1 is 1.17 bits per heavy atom. The third kappa shape index (κ3) is 4.98. The summed E-state index contributed by atoms with van der Waals surface area (Å²) in [6, 6.07) is 14.5. The van der Waals surface area contributed by atoms with Crippen molar-refractivity contribution in [1.82, 2.24) is 5.32 Å². The maximum absolute atomic E-state index is 12.2. The smallest absolute Gasteiger partial charge is 0.224 e. The van der Waals surface area contributed by atoms with E-state index < -0.39 is 0 Å². The van der Waals surface area contributed by atoms with Crippen LogP contribution in [0.1, 0.15) is 24.2 Å². The van der Waals surface area contributed by atoms with Crippen LogP contribution in [-0.4, -0.2) is 19.1 Å². The van der Waals surface area contributed by atoms with Crippen molar-refractivity contribution >= 4 is 23.2 Å². The van der Waals surface area contributed by atoms with Crippen LogP contribution in [0.25, 0.3) is 0 Å². The Balaban J connectivity index is 1.98. The van der Waals surface area contributed by atoms with Crippen LogP contribution in [-0.2, 0) is 16.0 Å². The molecule has 0 aliphatic heterocycles. The third-order valence-corrected chi connectivity index (χ3v) is 3.89. The van der Waals surface area contributed by atoms with Gasteiger partial charge in [0.05, 0.1) is 12.5 Å². The van der Waals surface area contributed by atoms with Crippen LogP contribution in [0.4, 0.5) is 5.69 Å². The summed E-state index contributed by atoms with van der Waals surface area (Å²) in [7, 11) is 1.63. The number of anilines is 1. The molecule has 0 saturated heterocycles. The summed E-state index contributed by atoms with van der Waals surface area (Å²) in [5, 5.41) is 3.65. The fourth-order valence-electron chi connectivity index (χ4n) is 2.48. The second-order valence-electron chi connectivity index (χ2n) is 5.48. The Kier molecular flexibility index (Phi) is 6.02. The zero-order valence-corrected chi connectivity index (χ0v) is 14.0. The van der Waals surface area contributed by atoms with Gasteiger partial charge in [0, 0.05) is 17.8 Å². The molecule has 1 amide bonds. The lowest BCUT2D eigenvalue weighted by Gasteiger charge is -2.24. The number of carbonyl (C=O) groups is 1. The van der Waals surface area contributed by atoms with Gasteiger partial charge >= 0.3 is 0 Å². The second kappa shape index (κ2) is 7.99. The first-order chi connectivity index (χ1) is 11.0. The van der Waals surface area contributed by atoms with Crippen molar-refractivity contribution in [3.05, 3.63) is 64.7 Å². The van der Waals surface area contributed by atoms with E-state index in [0.717, 1.165) is 11.1 Å². The minimum atomic E-state index is -0.234. The number of amides is 1. The molecule has 0 aliphatic carbocycles. The van der Waals surface area contributed by atoms with E-state index in [9.17, 15) is 4.79 Å². The lowest BCUT2D eigenvalue weighted by atomic mass is 10.0. The number of benzene rings is 2. The molecular weight excluding hydrogens is 312 g/mol. The zero-order valence-electron chi connectivity index (χ0n) is 13.3. The minimum Gasteiger partial charge on any atom is -0.399 e. The summed E-state index contributed by atoms with van der Waals surface area (Å²) in [5.41, 5.74) is 8.22. The Morgan fingerprint density at radius 2 is 1.78 bits per heavy atom. The Hall–Kier alpha value is -2.04. The van der Waals surface area contributed by atoms with Gasteiger partial charge in [-0.25, -0.2) is 0 Å². The van der Waals surface area contributed by atoms with Gasteiger partial charge in [0.25, 0.3) is 0 Å². The summed E-state index contributed by atoms with van der Waals surface area (Å²) >= 11 is 5.91. The van der Waals surface area contributed by atoms with E-state index in [1.165, 1.54) is 0 Å². The first-order valence-electron chi connectivity index (χ1n) is 7.41. The molecule has 0 aliphatic rings. The Labute approximate surface area is 141 Å². The molecule has 0 fully saturated rings. The van der Waals surface area contributed by atoms with Crippen LogP contribution >= 0.6 is 11.6 Å². The molecule has 4 nitrogen and oxygen atoms in total. The van der Waals surface area contributed by atoms with E-state index in [1.54, 1.807) is 19.2 Å². The molecule has 122 valence electrons. The van der Waals surface area contributed by atoms with Gasteiger partial charge in [-0.3, -0.25) is 4.79 Å². The first kappa shape index (κ1) is 17.3. The molecule has 0 heterocycles. The minimum absolute atomic E-state index is 0.0571. The molecule has 23 heavy (non-hydrogen) atoms. The number of carbonyl (C=O) groups excluding carboxylic acids is 1. The summed E-state index contributed by atoms with van der Waals surface area (Å²) in [6.45, 7) is 1.92. The molecule has 0 saturated carbocycles. The lowest BCUT2D eigenvalue weighted by Crippen LogP contribution is -2.38. The summed E-state index contributed by atoms with van der Waals surface area (Å²) in [4.78, 5) is 12.2. The van der Waals surface area contributed by atoms with Gasteiger partial charge in [-0.15, -0.1) is 0 Å². The molecule has 0 radical (unpaired) electrons. The molecule has 2 rings (SSSR count). The largest absolute Gasteiger partial charge is 0.399 e. The van der Waals surface area contributed by atoms with Crippen LogP contribution in [0.5, 0.6) is 0 Å². The number of hydrogen-bond acceptors (Lipinski definition) is 3. The summed E-state index contributed by atoms with van der Waals surface area (Å²) in [6.07, 6.45) is 0.0735. The van der Waals surface area contributed by atoms with Crippen molar-refractivity contribution in [2.75, 3.05) is 12.8 Å². The number of nitrogens with one attached hydrogen (secondary N) is 1. The summed E-state index contributed by atoms with van der Waals surface area (Å²) < 4.78 is 5.53. The van der Waals surface area contributed by atoms with E-state index in [1.807, 2.05) is 43.3 Å². The molecule has 2 unspecified atom stereocenters. The van der Waals surface area contributed by atoms with Crippen LogP contribution < -0.4 is 11.1 Å². The average molecular weight is 333 g/mol. The zero-order chi connectivity index (χ0) is 16.8. The van der Waals surface area contributed by atoms with Gasteiger partial charge in [-0.2, -0.15) is 0 Å². The summed E-state index contributed by atoms with van der Waals surface area (Å²) in [5.74, 6) is -0.0571. The van der Waals surface area contributed by atoms with Crippen LogP contribution in [0.3, 0.4) is 0 Å². The normalized spacial score (nSPS) is 13.3. The molecule has 2 aromatic carbocycles. The average Bonchev–Trinajstić information content (AvgIpc) is 2.52. The van der Waals surface area contributed by atoms with E-state index in [-0.39, 0.29) is 18.1 Å². The molecule has 0 bridgehead atoms. The predicted molar refractivity (Wildman–Crippen MR) is 93.4 cm³/mol. The fraction of sp³-hybridized carbons (Fsp3) is 0.278. The highest BCUT2D eigenvalue weighted by molar-refractivity contribution is 6.30. The van der Waals surface area contributed by atoms with Crippen molar-refractivity contribution < 1.29 is 9.53 Å². The van der Waals surface area contributed by atoms with Crippen molar-refractivity contribution in [2.45, 2.75) is 25.5 Å². The van der Waals surface area contributed by atoms with Crippen LogP contribution in [0.15, 0.2) is 48.5 Å². The maximum Gasteiger partial charge on any atom is 0.224 e. The van der Waals surface area contributed by atoms with E-state index in [4.69, 9.17) is 22.1 Å². The van der Waals surface area contributed by atoms with Gasteiger partial charge in [0.2, 0.25) is 5.91 Å². The van der Waals surface area contributed by atoms with Gasteiger partial charge in [0.15, 0.2) is 0 Å². The molecular formula is C18H21ClN2O2.